The van der Waals surface area contributed by atoms with E-state index in [0.29, 0.717) is 0 Å². The van der Waals surface area contributed by atoms with Crippen LogP contribution in [0.1, 0.15) is 22.7 Å². The van der Waals surface area contributed by atoms with Gasteiger partial charge in [-0.2, -0.15) is 0 Å². The number of aliphatic imine (C=N–C) groups is 1. The smallest absolute Gasteiger partial charge is 0.208 e. The van der Waals surface area contributed by atoms with Crippen molar-refractivity contribution in [3.05, 3.63) is 126 Å². The van der Waals surface area contributed by atoms with Crippen molar-refractivity contribution < 1.29 is 4.74 Å². The number of ether oxygens (including phenoxy) is 1. The van der Waals surface area contributed by atoms with Crippen LogP contribution in [0.4, 0.5) is 5.69 Å². The lowest BCUT2D eigenvalue weighted by atomic mass is 10.1. The van der Waals surface area contributed by atoms with Crippen molar-refractivity contribution in [3.8, 4) is 0 Å². The van der Waals surface area contributed by atoms with Crippen LogP contribution in [0.25, 0.3) is 0 Å². The molecule has 0 N–H and O–H groups in total. The fraction of sp³-hybridized carbons (Fsp3) is 0.167. The maximum atomic E-state index is 6.65. The molecule has 0 saturated heterocycles. The van der Waals surface area contributed by atoms with E-state index in [1.807, 2.05) is 0 Å². The van der Waals surface area contributed by atoms with Crippen LogP contribution in [0.5, 0.6) is 0 Å². The molecule has 0 bridgehead atoms. The van der Waals surface area contributed by atoms with E-state index < -0.39 is 8.07 Å². The molecule has 3 atom stereocenters. The van der Waals surface area contributed by atoms with Gasteiger partial charge in [0.05, 0.1) is 8.07 Å². The Hall–Kier alpha value is -3.42. The van der Waals surface area contributed by atoms with Crippen molar-refractivity contribution in [2.24, 2.45) is 4.99 Å². The minimum atomic E-state index is -0.789. The predicted octanol–water partition coefficient (Wildman–Crippen LogP) is 5.56. The second-order valence-electron chi connectivity index (χ2n) is 9.15. The first-order valence-electron chi connectivity index (χ1n) is 12.0. The molecule has 0 spiro atoms. The van der Waals surface area contributed by atoms with Crippen molar-refractivity contribution in [2.45, 2.75) is 31.0 Å². The molecule has 4 heteroatoms. The van der Waals surface area contributed by atoms with Gasteiger partial charge >= 0.3 is 0 Å². The molecule has 0 saturated carbocycles. The van der Waals surface area contributed by atoms with Gasteiger partial charge in [0.2, 0.25) is 5.90 Å². The highest BCUT2D eigenvalue weighted by atomic mass is 31.1. The van der Waals surface area contributed by atoms with Gasteiger partial charge in [0.25, 0.3) is 0 Å². The largest absolute Gasteiger partial charge is 0.473 e. The maximum Gasteiger partial charge on any atom is 0.208 e. The van der Waals surface area contributed by atoms with E-state index in [1.165, 1.54) is 33.0 Å². The minimum absolute atomic E-state index is 0.0988. The lowest BCUT2D eigenvalue weighted by Gasteiger charge is -2.36. The van der Waals surface area contributed by atoms with Gasteiger partial charge in [0, 0.05) is 29.1 Å². The van der Waals surface area contributed by atoms with Crippen molar-refractivity contribution >= 4 is 30.3 Å². The summed E-state index contributed by atoms with van der Waals surface area (Å²) in [4.78, 5) is 5.24. The molecule has 2 aliphatic heterocycles. The Labute approximate surface area is 201 Å². The summed E-state index contributed by atoms with van der Waals surface area (Å²) < 4.78 is 9.27. The SMILES string of the molecule is c1ccc(P(c2ccccc2)N2c3ccccc3C[C@H]2C2=N[C@H]3c4ccccc4C[C@H]3O2)cc1. The van der Waals surface area contributed by atoms with Crippen LogP contribution in [0, 0.1) is 0 Å². The molecule has 1 aliphatic carbocycles. The molecule has 7 rings (SSSR count). The fourth-order valence-electron chi connectivity index (χ4n) is 5.63. The Morgan fingerprint density at radius 2 is 1.29 bits per heavy atom. The normalized spacial score (nSPS) is 22.2. The predicted molar refractivity (Wildman–Crippen MR) is 141 cm³/mol. The summed E-state index contributed by atoms with van der Waals surface area (Å²) in [5.74, 6) is 0.903. The number of rotatable bonds is 4. The van der Waals surface area contributed by atoms with Gasteiger partial charge in [0.1, 0.15) is 18.2 Å². The monoisotopic (exact) mass is 460 g/mol. The van der Waals surface area contributed by atoms with E-state index in [1.54, 1.807) is 0 Å². The summed E-state index contributed by atoms with van der Waals surface area (Å²) >= 11 is 0. The van der Waals surface area contributed by atoms with E-state index >= 15 is 0 Å². The van der Waals surface area contributed by atoms with Crippen molar-refractivity contribution in [3.63, 3.8) is 0 Å². The minimum Gasteiger partial charge on any atom is -0.473 e. The Bertz CT molecular complexity index is 1330. The van der Waals surface area contributed by atoms with E-state index in [0.717, 1.165) is 18.7 Å². The first kappa shape index (κ1) is 20.0. The third-order valence-electron chi connectivity index (χ3n) is 7.13. The molecule has 2 heterocycles. The summed E-state index contributed by atoms with van der Waals surface area (Å²) in [6.45, 7) is 0. The Balaban J connectivity index is 1.35. The van der Waals surface area contributed by atoms with Gasteiger partial charge in [0.15, 0.2) is 0 Å². The number of hydrogen-bond donors (Lipinski definition) is 0. The fourth-order valence-corrected chi connectivity index (χ4v) is 8.20. The first-order valence-corrected chi connectivity index (χ1v) is 13.3. The highest BCUT2D eigenvalue weighted by molar-refractivity contribution is 7.74. The van der Waals surface area contributed by atoms with Gasteiger partial charge in [-0.05, 0) is 22.8 Å². The average Bonchev–Trinajstić information content (AvgIpc) is 3.57. The van der Waals surface area contributed by atoms with Crippen LogP contribution >= 0.6 is 8.07 Å². The van der Waals surface area contributed by atoms with Gasteiger partial charge in [-0.3, -0.25) is 0 Å². The molecular weight excluding hydrogens is 435 g/mol. The molecule has 34 heavy (non-hydrogen) atoms. The van der Waals surface area contributed by atoms with E-state index in [9.17, 15) is 0 Å². The third-order valence-corrected chi connectivity index (χ3v) is 9.63. The standard InChI is InChI=1S/C30H25N2OP/c1-3-13-23(14-4-1)34(24-15-5-2-6-16-24)32-26-18-10-8-12-22(26)19-27(32)30-31-29-25-17-9-7-11-21(25)20-28(29)33-30/h1-18,27-29H,19-20H2/t27-,28+,29-/m0/s1. The van der Waals surface area contributed by atoms with Crippen LogP contribution < -0.4 is 15.3 Å². The van der Waals surface area contributed by atoms with E-state index in [2.05, 4.69) is 114 Å². The molecule has 4 aromatic rings. The number of benzene rings is 4. The third kappa shape index (κ3) is 3.19. The molecule has 3 nitrogen and oxygen atoms in total. The Kier molecular flexibility index (Phi) is 4.77. The van der Waals surface area contributed by atoms with Gasteiger partial charge < -0.3 is 9.41 Å². The van der Waals surface area contributed by atoms with Crippen LogP contribution in [-0.2, 0) is 17.6 Å². The second-order valence-corrected chi connectivity index (χ2v) is 11.2. The Morgan fingerprint density at radius 1 is 0.676 bits per heavy atom. The zero-order chi connectivity index (χ0) is 22.5. The lowest BCUT2D eigenvalue weighted by molar-refractivity contribution is 0.199. The first-order chi connectivity index (χ1) is 16.9. The molecule has 0 fully saturated rings. The van der Waals surface area contributed by atoms with Crippen molar-refractivity contribution in [2.75, 3.05) is 4.67 Å². The number of hydrogen-bond acceptors (Lipinski definition) is 3. The lowest BCUT2D eigenvalue weighted by Crippen LogP contribution is -2.40. The summed E-state index contributed by atoms with van der Waals surface area (Å²) in [5.41, 5.74) is 5.38. The summed E-state index contributed by atoms with van der Waals surface area (Å²) in [5, 5.41) is 2.68. The number of fused-ring (bicyclic) bond motifs is 4. The number of nitrogens with zero attached hydrogens (tertiary/aromatic N) is 2. The molecule has 0 radical (unpaired) electrons. The van der Waals surface area contributed by atoms with Gasteiger partial charge in [-0.1, -0.05) is 103 Å². The second kappa shape index (κ2) is 8.11. The van der Waals surface area contributed by atoms with E-state index in [-0.39, 0.29) is 18.2 Å². The number of para-hydroxylation sites is 1. The zero-order valence-electron chi connectivity index (χ0n) is 18.8. The summed E-state index contributed by atoms with van der Waals surface area (Å²) in [6.07, 6.45) is 1.99. The highest BCUT2D eigenvalue weighted by Crippen LogP contribution is 2.51. The number of anilines is 1. The highest BCUT2D eigenvalue weighted by Gasteiger charge is 2.46. The molecule has 4 aromatic carbocycles. The molecule has 0 aromatic heterocycles. The Morgan fingerprint density at radius 3 is 2.03 bits per heavy atom. The zero-order valence-corrected chi connectivity index (χ0v) is 19.7. The maximum absolute atomic E-state index is 6.65. The van der Waals surface area contributed by atoms with Crippen molar-refractivity contribution in [1.82, 2.24) is 0 Å². The quantitative estimate of drug-likeness (QED) is 0.373. The van der Waals surface area contributed by atoms with Crippen LogP contribution in [0.15, 0.2) is 114 Å². The molecule has 0 unspecified atom stereocenters. The molecular formula is C30H25N2OP. The van der Waals surface area contributed by atoms with Crippen LogP contribution in [-0.4, -0.2) is 18.0 Å². The topological polar surface area (TPSA) is 24.8 Å². The molecule has 3 aliphatic rings. The average molecular weight is 461 g/mol. The summed E-state index contributed by atoms with van der Waals surface area (Å²) in [6, 6.07) is 39.6. The molecule has 0 amide bonds. The molecule has 166 valence electrons. The van der Waals surface area contributed by atoms with Crippen molar-refractivity contribution in [1.29, 1.82) is 0 Å². The van der Waals surface area contributed by atoms with Crippen LogP contribution in [0.2, 0.25) is 0 Å². The van der Waals surface area contributed by atoms with Crippen LogP contribution in [0.3, 0.4) is 0 Å². The van der Waals surface area contributed by atoms with Gasteiger partial charge in [-0.15, -0.1) is 0 Å². The van der Waals surface area contributed by atoms with E-state index in [4.69, 9.17) is 9.73 Å². The summed E-state index contributed by atoms with van der Waals surface area (Å²) in [7, 11) is -0.789. The van der Waals surface area contributed by atoms with Gasteiger partial charge in [-0.25, -0.2) is 4.99 Å².